The van der Waals surface area contributed by atoms with Gasteiger partial charge in [0.1, 0.15) is 4.70 Å². The Morgan fingerprint density at radius 3 is 2.44 bits per heavy atom. The van der Waals surface area contributed by atoms with Crippen LogP contribution < -0.4 is 5.56 Å². The number of thioether (sulfide) groups is 1. The van der Waals surface area contributed by atoms with Crippen LogP contribution in [0.4, 0.5) is 5.69 Å². The van der Waals surface area contributed by atoms with Crippen molar-refractivity contribution < 1.29 is 9.72 Å². The molecule has 0 fully saturated rings. The van der Waals surface area contributed by atoms with E-state index in [1.54, 1.807) is 34.9 Å². The number of carbonyl (C=O) groups excluding carboxylic acids is 1. The lowest BCUT2D eigenvalue weighted by molar-refractivity contribution is -0.384. The number of hydrogen-bond donors (Lipinski definition) is 0. The summed E-state index contributed by atoms with van der Waals surface area (Å²) >= 11 is 2.46. The molecule has 0 spiro atoms. The van der Waals surface area contributed by atoms with E-state index in [0.717, 1.165) is 10.3 Å². The van der Waals surface area contributed by atoms with E-state index in [0.29, 0.717) is 32.9 Å². The van der Waals surface area contributed by atoms with Crippen LogP contribution >= 0.6 is 23.1 Å². The second-order valence-electron chi connectivity index (χ2n) is 7.57. The SMILES string of the molecule is O=C(CSc1nc2c(sc3ccc([N+](=O)[O-])cc32)c(=O)n1Cc1ccccc1)c1ccccc1. The van der Waals surface area contributed by atoms with Gasteiger partial charge in [-0.25, -0.2) is 4.98 Å². The van der Waals surface area contributed by atoms with Gasteiger partial charge in [-0.3, -0.25) is 24.3 Å². The molecular formula is C25H17N3O4S2. The molecule has 0 atom stereocenters. The van der Waals surface area contributed by atoms with Gasteiger partial charge in [0.15, 0.2) is 10.9 Å². The third-order valence-corrected chi connectivity index (χ3v) is 7.47. The molecule has 3 aromatic carbocycles. The van der Waals surface area contributed by atoms with Crippen molar-refractivity contribution in [3.8, 4) is 0 Å². The summed E-state index contributed by atoms with van der Waals surface area (Å²) < 4.78 is 2.76. The smallest absolute Gasteiger partial charge is 0.272 e. The Labute approximate surface area is 201 Å². The zero-order valence-corrected chi connectivity index (χ0v) is 19.3. The predicted molar refractivity (Wildman–Crippen MR) is 135 cm³/mol. The van der Waals surface area contributed by atoms with Gasteiger partial charge in [0.05, 0.1) is 22.7 Å². The predicted octanol–water partition coefficient (Wildman–Crippen LogP) is 5.54. The number of nitro groups is 1. The summed E-state index contributed by atoms with van der Waals surface area (Å²) in [7, 11) is 0. The maximum absolute atomic E-state index is 13.6. The number of nitrogens with zero attached hydrogens (tertiary/aromatic N) is 3. The molecule has 0 aliphatic rings. The second-order valence-corrected chi connectivity index (χ2v) is 9.56. The van der Waals surface area contributed by atoms with E-state index < -0.39 is 4.92 Å². The van der Waals surface area contributed by atoms with Gasteiger partial charge in [0, 0.05) is 27.8 Å². The lowest BCUT2D eigenvalue weighted by Crippen LogP contribution is -2.23. The molecule has 9 heteroatoms. The van der Waals surface area contributed by atoms with Crippen LogP contribution in [0.2, 0.25) is 0 Å². The Morgan fingerprint density at radius 1 is 1.03 bits per heavy atom. The number of thiophene rings is 1. The van der Waals surface area contributed by atoms with Crippen LogP contribution in [-0.4, -0.2) is 26.0 Å². The first-order chi connectivity index (χ1) is 16.5. The van der Waals surface area contributed by atoms with Gasteiger partial charge < -0.3 is 0 Å². The number of ketones is 1. The van der Waals surface area contributed by atoms with Gasteiger partial charge in [-0.2, -0.15) is 0 Å². The molecule has 34 heavy (non-hydrogen) atoms. The highest BCUT2D eigenvalue weighted by Gasteiger charge is 2.19. The van der Waals surface area contributed by atoms with Crippen molar-refractivity contribution in [3.63, 3.8) is 0 Å². The minimum atomic E-state index is -0.465. The van der Waals surface area contributed by atoms with E-state index >= 15 is 0 Å². The molecule has 168 valence electrons. The van der Waals surface area contributed by atoms with Crippen LogP contribution in [0, 0.1) is 10.1 Å². The summed E-state index contributed by atoms with van der Waals surface area (Å²) in [5.74, 6) is 0.0379. The van der Waals surface area contributed by atoms with Crippen LogP contribution in [0.15, 0.2) is 88.8 Å². The van der Waals surface area contributed by atoms with Crippen molar-refractivity contribution in [1.82, 2.24) is 9.55 Å². The molecule has 0 aliphatic heterocycles. The normalized spacial score (nSPS) is 11.2. The number of carbonyl (C=O) groups is 1. The number of nitro benzene ring substituents is 1. The number of rotatable bonds is 7. The van der Waals surface area contributed by atoms with Crippen LogP contribution in [0.1, 0.15) is 15.9 Å². The first kappa shape index (κ1) is 22.0. The molecule has 7 nitrogen and oxygen atoms in total. The second kappa shape index (κ2) is 9.20. The maximum atomic E-state index is 13.6. The fourth-order valence-corrected chi connectivity index (χ4v) is 5.62. The minimum Gasteiger partial charge on any atom is -0.293 e. The Morgan fingerprint density at radius 2 is 1.74 bits per heavy atom. The summed E-state index contributed by atoms with van der Waals surface area (Å²) in [6, 6.07) is 23.0. The molecule has 2 heterocycles. The number of fused-ring (bicyclic) bond motifs is 3. The van der Waals surface area contributed by atoms with E-state index in [4.69, 9.17) is 4.98 Å². The molecule has 0 amide bonds. The Bertz CT molecular complexity index is 1600. The van der Waals surface area contributed by atoms with Crippen molar-refractivity contribution in [2.75, 3.05) is 5.75 Å². The topological polar surface area (TPSA) is 95.1 Å². The summed E-state index contributed by atoms with van der Waals surface area (Å²) in [6.45, 7) is 0.304. The van der Waals surface area contributed by atoms with Gasteiger partial charge in [0.25, 0.3) is 11.2 Å². The molecule has 0 N–H and O–H groups in total. The van der Waals surface area contributed by atoms with Gasteiger partial charge >= 0.3 is 0 Å². The van der Waals surface area contributed by atoms with Crippen LogP contribution in [0.5, 0.6) is 0 Å². The van der Waals surface area contributed by atoms with E-state index in [-0.39, 0.29) is 22.8 Å². The molecule has 0 saturated heterocycles. The summed E-state index contributed by atoms with van der Waals surface area (Å²) in [4.78, 5) is 41.8. The average molecular weight is 488 g/mol. The Balaban J connectivity index is 1.63. The van der Waals surface area contributed by atoms with Crippen LogP contribution in [0.25, 0.3) is 20.3 Å². The van der Waals surface area contributed by atoms with Gasteiger partial charge in [-0.1, -0.05) is 72.4 Å². The lowest BCUT2D eigenvalue weighted by atomic mass is 10.2. The quantitative estimate of drug-likeness (QED) is 0.0983. The first-order valence-electron chi connectivity index (χ1n) is 10.4. The summed E-state index contributed by atoms with van der Waals surface area (Å²) in [5, 5.41) is 12.3. The van der Waals surface area contributed by atoms with E-state index in [1.165, 1.54) is 35.2 Å². The highest BCUT2D eigenvalue weighted by atomic mass is 32.2. The highest BCUT2D eigenvalue weighted by molar-refractivity contribution is 7.99. The molecular weight excluding hydrogens is 470 g/mol. The van der Waals surface area contributed by atoms with Crippen molar-refractivity contribution in [1.29, 1.82) is 0 Å². The molecule has 5 aromatic rings. The average Bonchev–Trinajstić information content (AvgIpc) is 3.23. The zero-order valence-electron chi connectivity index (χ0n) is 17.7. The molecule has 0 unspecified atom stereocenters. The van der Waals surface area contributed by atoms with Gasteiger partial charge in [0.2, 0.25) is 0 Å². The summed E-state index contributed by atoms with van der Waals surface area (Å²) in [5.41, 5.74) is 1.65. The number of non-ortho nitro benzene ring substituents is 1. The van der Waals surface area contributed by atoms with Crippen molar-refractivity contribution >= 4 is 54.9 Å². The molecule has 0 saturated carbocycles. The van der Waals surface area contributed by atoms with E-state index in [9.17, 15) is 19.7 Å². The Hall–Kier alpha value is -3.82. The van der Waals surface area contributed by atoms with Gasteiger partial charge in [-0.05, 0) is 11.6 Å². The molecule has 0 radical (unpaired) electrons. The molecule has 2 aromatic heterocycles. The highest BCUT2D eigenvalue weighted by Crippen LogP contribution is 2.34. The maximum Gasteiger partial charge on any atom is 0.272 e. The third kappa shape index (κ3) is 4.23. The number of Topliss-reactive ketones (excluding diaryl/α,β-unsaturated/α-hetero) is 1. The molecule has 0 aliphatic carbocycles. The number of hydrogen-bond acceptors (Lipinski definition) is 7. The van der Waals surface area contributed by atoms with Crippen molar-refractivity contribution in [2.24, 2.45) is 0 Å². The van der Waals surface area contributed by atoms with Crippen LogP contribution in [0.3, 0.4) is 0 Å². The molecule has 0 bridgehead atoms. The molecule has 5 rings (SSSR count). The van der Waals surface area contributed by atoms with E-state index in [2.05, 4.69) is 0 Å². The lowest BCUT2D eigenvalue weighted by Gasteiger charge is -2.12. The third-order valence-electron chi connectivity index (χ3n) is 5.35. The number of aromatic nitrogens is 2. The van der Waals surface area contributed by atoms with E-state index in [1.807, 2.05) is 36.4 Å². The fourth-order valence-electron chi connectivity index (χ4n) is 3.66. The van der Waals surface area contributed by atoms with Crippen molar-refractivity contribution in [3.05, 3.63) is 110 Å². The largest absolute Gasteiger partial charge is 0.293 e. The van der Waals surface area contributed by atoms with Crippen LogP contribution in [-0.2, 0) is 6.54 Å². The fraction of sp³-hybridized carbons (Fsp3) is 0.0800. The number of benzene rings is 3. The minimum absolute atomic E-state index is 0.0593. The monoisotopic (exact) mass is 487 g/mol. The first-order valence-corrected chi connectivity index (χ1v) is 12.2. The standard InChI is InChI=1S/C25H17N3O4S2/c29-20(17-9-5-2-6-10-17)15-33-25-26-22-19-13-18(28(31)32)11-12-21(19)34-23(22)24(30)27(25)14-16-7-3-1-4-8-16/h1-13H,14-15H2. The zero-order chi connectivity index (χ0) is 23.7. The van der Waals surface area contributed by atoms with Gasteiger partial charge in [-0.15, -0.1) is 11.3 Å². The Kier molecular flexibility index (Phi) is 5.95. The summed E-state index contributed by atoms with van der Waals surface area (Å²) in [6.07, 6.45) is 0. The van der Waals surface area contributed by atoms with Crippen molar-refractivity contribution in [2.45, 2.75) is 11.7 Å².